The van der Waals surface area contributed by atoms with E-state index in [-0.39, 0.29) is 19.4 Å². The van der Waals surface area contributed by atoms with E-state index in [1.807, 2.05) is 6.08 Å². The molecule has 0 amide bonds. The second kappa shape index (κ2) is 39.8. The molecule has 0 aliphatic rings. The molecular formula is C44H82NO10P. The summed E-state index contributed by atoms with van der Waals surface area (Å²) < 4.78 is 32.7. The average Bonchev–Trinajstić information content (AvgIpc) is 3.17. The Bertz CT molecular complexity index is 1040. The molecule has 0 aromatic rings. The predicted molar refractivity (Wildman–Crippen MR) is 226 cm³/mol. The molecule has 12 heteroatoms. The molecule has 0 aliphatic heterocycles. The van der Waals surface area contributed by atoms with Crippen molar-refractivity contribution in [1.82, 2.24) is 0 Å². The van der Waals surface area contributed by atoms with Gasteiger partial charge in [0.05, 0.1) is 13.2 Å². The minimum Gasteiger partial charge on any atom is -0.480 e. The van der Waals surface area contributed by atoms with Crippen LogP contribution in [0.5, 0.6) is 0 Å². The number of allylic oxidation sites excluding steroid dienone is 3. The zero-order valence-corrected chi connectivity index (χ0v) is 36.2. The lowest BCUT2D eigenvalue weighted by Gasteiger charge is -2.20. The first-order valence-electron chi connectivity index (χ1n) is 22.3. The van der Waals surface area contributed by atoms with Crippen molar-refractivity contribution >= 4 is 25.7 Å². The maximum absolute atomic E-state index is 12.6. The summed E-state index contributed by atoms with van der Waals surface area (Å²) in [6.45, 7) is 4.33. The Kier molecular flexibility index (Phi) is 38.3. The van der Waals surface area contributed by atoms with Gasteiger partial charge in [0.15, 0.2) is 6.10 Å². The molecule has 0 bridgehead atoms. The maximum Gasteiger partial charge on any atom is 0.472 e. The van der Waals surface area contributed by atoms with Crippen molar-refractivity contribution in [2.45, 2.75) is 218 Å². The van der Waals surface area contributed by atoms with Gasteiger partial charge in [-0.25, -0.2) is 4.57 Å². The van der Waals surface area contributed by atoms with Crippen molar-refractivity contribution in [3.63, 3.8) is 0 Å². The zero-order valence-electron chi connectivity index (χ0n) is 35.3. The van der Waals surface area contributed by atoms with Crippen molar-refractivity contribution in [3.8, 4) is 0 Å². The molecule has 0 aliphatic carbocycles. The Balaban J connectivity index is 4.30. The number of nitrogens with two attached hydrogens (primary N) is 1. The van der Waals surface area contributed by atoms with Crippen LogP contribution >= 0.6 is 7.82 Å². The second-order valence-electron chi connectivity index (χ2n) is 15.3. The van der Waals surface area contributed by atoms with Gasteiger partial charge in [-0.15, -0.1) is 6.58 Å². The number of carbonyl (C=O) groups is 3. The number of rotatable bonds is 43. The molecule has 0 radical (unpaired) electrons. The molecule has 0 aromatic heterocycles. The van der Waals surface area contributed by atoms with Gasteiger partial charge in [0.25, 0.3) is 0 Å². The van der Waals surface area contributed by atoms with Crippen LogP contribution in [-0.4, -0.2) is 59.9 Å². The lowest BCUT2D eigenvalue weighted by atomic mass is 10.0. The molecule has 0 heterocycles. The van der Waals surface area contributed by atoms with Crippen molar-refractivity contribution in [2.24, 2.45) is 5.73 Å². The molecule has 3 atom stereocenters. The first-order valence-corrected chi connectivity index (χ1v) is 23.8. The summed E-state index contributed by atoms with van der Waals surface area (Å²) in [7, 11) is -4.71. The fourth-order valence-corrected chi connectivity index (χ4v) is 7.05. The fraction of sp³-hybridized carbons (Fsp3) is 0.841. The molecule has 4 N–H and O–H groups in total. The van der Waals surface area contributed by atoms with Crippen molar-refractivity contribution in [2.75, 3.05) is 19.8 Å². The predicted octanol–water partition coefficient (Wildman–Crippen LogP) is 11.8. The fourth-order valence-electron chi connectivity index (χ4n) is 6.28. The summed E-state index contributed by atoms with van der Waals surface area (Å²) in [6, 6.07) is -1.52. The van der Waals surface area contributed by atoms with Crippen LogP contribution in [0.1, 0.15) is 206 Å². The molecule has 1 unspecified atom stereocenters. The molecule has 0 fully saturated rings. The van der Waals surface area contributed by atoms with Gasteiger partial charge in [0.1, 0.15) is 12.6 Å². The Morgan fingerprint density at radius 3 is 1.43 bits per heavy atom. The summed E-state index contributed by atoms with van der Waals surface area (Å²) in [5, 5.41) is 8.89. The van der Waals surface area contributed by atoms with Gasteiger partial charge < -0.3 is 25.2 Å². The van der Waals surface area contributed by atoms with Crippen LogP contribution in [0.4, 0.5) is 0 Å². The Hall–Kier alpha value is -2.04. The molecule has 11 nitrogen and oxygen atoms in total. The van der Waals surface area contributed by atoms with Gasteiger partial charge in [-0.05, 0) is 51.4 Å². The van der Waals surface area contributed by atoms with Gasteiger partial charge >= 0.3 is 25.7 Å². The number of hydrogen-bond donors (Lipinski definition) is 3. The molecule has 0 saturated carbocycles. The highest BCUT2D eigenvalue weighted by Crippen LogP contribution is 2.43. The number of carboxylic acids is 1. The van der Waals surface area contributed by atoms with E-state index in [0.29, 0.717) is 12.8 Å². The largest absolute Gasteiger partial charge is 0.480 e. The minimum atomic E-state index is -4.71. The molecule has 328 valence electrons. The molecular weight excluding hydrogens is 733 g/mol. The molecule has 56 heavy (non-hydrogen) atoms. The van der Waals surface area contributed by atoms with Gasteiger partial charge in [-0.2, -0.15) is 0 Å². The first-order chi connectivity index (χ1) is 27.1. The highest BCUT2D eigenvalue weighted by Gasteiger charge is 2.28. The number of carboxylic acid groups (broad SMARTS) is 1. The van der Waals surface area contributed by atoms with Gasteiger partial charge in [0.2, 0.25) is 0 Å². The van der Waals surface area contributed by atoms with Crippen LogP contribution in [0.3, 0.4) is 0 Å². The number of hydrogen-bond acceptors (Lipinski definition) is 9. The normalized spacial score (nSPS) is 13.7. The third-order valence-electron chi connectivity index (χ3n) is 9.82. The highest BCUT2D eigenvalue weighted by atomic mass is 31.2. The number of unbranched alkanes of at least 4 members (excludes halogenated alkanes) is 26. The van der Waals surface area contributed by atoms with E-state index in [1.54, 1.807) is 0 Å². The standard InChI is InChI=1S/C44H82NO10P/c1-3-5-7-9-11-13-15-17-19-20-22-23-25-27-29-31-33-35-42(46)52-37-40(38-53-56(50,51)54-39-41(45)44(48)49)55-43(47)36-34-32-30-28-26-24-21-18-16-14-12-10-8-6-4-2/h4,13,15,40-41H,2-3,5-12,14,16-39,45H2,1H3,(H,48,49)(H,50,51)/b15-13+/t40-,41+/m1/s1. The monoisotopic (exact) mass is 816 g/mol. The zero-order chi connectivity index (χ0) is 41.4. The minimum absolute atomic E-state index is 0.161. The quantitative estimate of drug-likeness (QED) is 0.0231. The average molecular weight is 816 g/mol. The lowest BCUT2D eigenvalue weighted by molar-refractivity contribution is -0.161. The number of phosphoric acid groups is 1. The highest BCUT2D eigenvalue weighted by molar-refractivity contribution is 7.47. The van der Waals surface area contributed by atoms with Crippen LogP contribution in [0.15, 0.2) is 24.8 Å². The number of aliphatic carboxylic acids is 1. The SMILES string of the molecule is C=CCCCCCCCCCCCCCCCC(=O)O[C@H](COC(=O)CCCCCCCCCCC/C=C/CCCCCC)COP(=O)(O)OC[C@H](N)C(=O)O. The van der Waals surface area contributed by atoms with Crippen LogP contribution in [0, 0.1) is 0 Å². The molecule has 0 spiro atoms. The Labute approximate surface area is 340 Å². The third-order valence-corrected chi connectivity index (χ3v) is 10.8. The van der Waals surface area contributed by atoms with E-state index in [4.69, 9.17) is 24.8 Å². The van der Waals surface area contributed by atoms with E-state index in [9.17, 15) is 23.8 Å². The Morgan fingerprint density at radius 1 is 0.589 bits per heavy atom. The van der Waals surface area contributed by atoms with Gasteiger partial charge in [-0.1, -0.05) is 160 Å². The van der Waals surface area contributed by atoms with Crippen LogP contribution < -0.4 is 5.73 Å². The summed E-state index contributed by atoms with van der Waals surface area (Å²) in [6.07, 6.45) is 39.8. The number of carbonyl (C=O) groups excluding carboxylic acids is 2. The second-order valence-corrected chi connectivity index (χ2v) is 16.7. The van der Waals surface area contributed by atoms with Gasteiger partial charge in [-0.3, -0.25) is 23.4 Å². The Morgan fingerprint density at radius 2 is 0.982 bits per heavy atom. The maximum atomic E-state index is 12.6. The molecule has 0 rings (SSSR count). The lowest BCUT2D eigenvalue weighted by Crippen LogP contribution is -2.34. The topological polar surface area (TPSA) is 172 Å². The summed E-state index contributed by atoms with van der Waals surface area (Å²) in [5.41, 5.74) is 5.33. The van der Waals surface area contributed by atoms with Crippen molar-refractivity contribution < 1.29 is 47.5 Å². The van der Waals surface area contributed by atoms with E-state index in [2.05, 4.69) is 30.2 Å². The number of esters is 2. The van der Waals surface area contributed by atoms with Gasteiger partial charge in [0, 0.05) is 12.8 Å². The smallest absolute Gasteiger partial charge is 0.472 e. The van der Waals surface area contributed by atoms with Crippen molar-refractivity contribution in [1.29, 1.82) is 0 Å². The van der Waals surface area contributed by atoms with Crippen LogP contribution in [-0.2, 0) is 37.5 Å². The first kappa shape index (κ1) is 54.0. The van der Waals surface area contributed by atoms with E-state index < -0.39 is 51.1 Å². The van der Waals surface area contributed by atoms with E-state index >= 15 is 0 Å². The third kappa shape index (κ3) is 38.8. The summed E-state index contributed by atoms with van der Waals surface area (Å²) >= 11 is 0. The number of ether oxygens (including phenoxy) is 2. The van der Waals surface area contributed by atoms with Crippen LogP contribution in [0.25, 0.3) is 0 Å². The molecule has 0 saturated heterocycles. The van der Waals surface area contributed by atoms with Crippen molar-refractivity contribution in [3.05, 3.63) is 24.8 Å². The van der Waals surface area contributed by atoms with E-state index in [1.165, 1.54) is 128 Å². The van der Waals surface area contributed by atoms with Crippen LogP contribution in [0.2, 0.25) is 0 Å². The molecule has 0 aromatic carbocycles. The summed E-state index contributed by atoms with van der Waals surface area (Å²) in [5.74, 6) is -2.38. The number of phosphoric ester groups is 1. The summed E-state index contributed by atoms with van der Waals surface area (Å²) in [4.78, 5) is 46.0. The van der Waals surface area contributed by atoms with E-state index in [0.717, 1.165) is 44.9 Å².